The third kappa shape index (κ3) is 6.61. The Kier molecular flexibility index (Phi) is 9.21. The van der Waals surface area contributed by atoms with E-state index in [1.807, 2.05) is 0 Å². The summed E-state index contributed by atoms with van der Waals surface area (Å²) in [5, 5.41) is 9.89. The second kappa shape index (κ2) is 16.0. The van der Waals surface area contributed by atoms with Gasteiger partial charge in [0.05, 0.1) is 11.0 Å². The van der Waals surface area contributed by atoms with Gasteiger partial charge in [-0.1, -0.05) is 218 Å². The second-order valence-electron chi connectivity index (χ2n) is 17.4. The molecular weight excluding hydrogens is 809 g/mol. The minimum atomic E-state index is 0.929. The summed E-state index contributed by atoms with van der Waals surface area (Å²) in [7, 11) is 0. The molecule has 1 aromatic heterocycles. The lowest BCUT2D eigenvalue weighted by Gasteiger charge is -2.23. The van der Waals surface area contributed by atoms with E-state index < -0.39 is 0 Å². The fourth-order valence-corrected chi connectivity index (χ4v) is 10.4. The third-order valence-electron chi connectivity index (χ3n) is 13.6. The predicted molar refractivity (Wildman–Crippen MR) is 284 cm³/mol. The molecule has 2 heteroatoms. The SMILES string of the molecule is c1ccc(-c2c(-c3ccc(-c4ccc5c(c4)nc(-c4ccccc4)n5-c4ccccc4)cc3)ccc3c(-c4ccc5ccccc5c4)c4ccccc4c(-c4ccc5ccccc5c4)c23)cc1. The molecule has 0 aliphatic heterocycles. The summed E-state index contributed by atoms with van der Waals surface area (Å²) < 4.78 is 2.27. The maximum atomic E-state index is 5.26. The van der Waals surface area contributed by atoms with E-state index in [0.717, 1.165) is 44.8 Å². The van der Waals surface area contributed by atoms with Crippen molar-refractivity contribution in [2.75, 3.05) is 0 Å². The molecule has 0 unspecified atom stereocenters. The van der Waals surface area contributed by atoms with Crippen LogP contribution in [0.4, 0.5) is 0 Å². The summed E-state index contributed by atoms with van der Waals surface area (Å²) in [6.45, 7) is 0. The Labute approximate surface area is 389 Å². The highest BCUT2D eigenvalue weighted by Gasteiger charge is 2.23. The van der Waals surface area contributed by atoms with Crippen LogP contribution in [0.5, 0.6) is 0 Å². The van der Waals surface area contributed by atoms with Crippen LogP contribution in [0.25, 0.3) is 127 Å². The second-order valence-corrected chi connectivity index (χ2v) is 17.4. The third-order valence-corrected chi connectivity index (χ3v) is 13.6. The average Bonchev–Trinajstić information content (AvgIpc) is 3.79. The van der Waals surface area contributed by atoms with Gasteiger partial charge in [0.2, 0.25) is 0 Å². The molecule has 13 rings (SSSR count). The van der Waals surface area contributed by atoms with Crippen LogP contribution in [-0.2, 0) is 0 Å². The van der Waals surface area contributed by atoms with Crippen LogP contribution in [0.15, 0.2) is 255 Å². The number of aromatic nitrogens is 2. The molecule has 0 amide bonds. The highest BCUT2D eigenvalue weighted by atomic mass is 15.1. The molecular formula is C65H42N2. The zero-order valence-corrected chi connectivity index (χ0v) is 36.6. The van der Waals surface area contributed by atoms with Crippen LogP contribution >= 0.6 is 0 Å². The Morgan fingerprint density at radius 2 is 0.791 bits per heavy atom. The number of rotatable bonds is 7. The first-order valence-electron chi connectivity index (χ1n) is 23.0. The molecule has 0 atom stereocenters. The molecule has 0 fully saturated rings. The van der Waals surface area contributed by atoms with Gasteiger partial charge in [0, 0.05) is 11.3 Å². The van der Waals surface area contributed by atoms with E-state index in [0.29, 0.717) is 0 Å². The monoisotopic (exact) mass is 850 g/mol. The zero-order valence-electron chi connectivity index (χ0n) is 36.6. The van der Waals surface area contributed by atoms with Crippen molar-refractivity contribution >= 4 is 54.1 Å². The molecule has 2 nitrogen and oxygen atoms in total. The summed E-state index contributed by atoms with van der Waals surface area (Å²) in [5.74, 6) is 0.929. The number of hydrogen-bond donors (Lipinski definition) is 0. The molecule has 13 aromatic rings. The number of fused-ring (bicyclic) bond motifs is 5. The number of nitrogens with zero attached hydrogens (tertiary/aromatic N) is 2. The summed E-state index contributed by atoms with van der Waals surface area (Å²) in [6, 6.07) is 92.8. The molecule has 0 saturated carbocycles. The normalized spacial score (nSPS) is 11.6. The lowest BCUT2D eigenvalue weighted by molar-refractivity contribution is 1.10. The van der Waals surface area contributed by atoms with Crippen molar-refractivity contribution in [1.82, 2.24) is 9.55 Å². The fourth-order valence-electron chi connectivity index (χ4n) is 10.4. The summed E-state index contributed by atoms with van der Waals surface area (Å²) in [5.41, 5.74) is 16.2. The molecule has 0 aliphatic rings. The molecule has 0 aliphatic carbocycles. The maximum absolute atomic E-state index is 5.26. The van der Waals surface area contributed by atoms with Crippen molar-refractivity contribution in [3.05, 3.63) is 255 Å². The van der Waals surface area contributed by atoms with Crippen LogP contribution in [0.2, 0.25) is 0 Å². The van der Waals surface area contributed by atoms with E-state index in [2.05, 4.69) is 259 Å². The minimum absolute atomic E-state index is 0.929. The molecule has 0 bridgehead atoms. The van der Waals surface area contributed by atoms with Crippen LogP contribution < -0.4 is 0 Å². The van der Waals surface area contributed by atoms with Crippen molar-refractivity contribution in [2.45, 2.75) is 0 Å². The van der Waals surface area contributed by atoms with Crippen molar-refractivity contribution in [3.63, 3.8) is 0 Å². The van der Waals surface area contributed by atoms with E-state index in [1.165, 1.54) is 82.0 Å². The molecule has 67 heavy (non-hydrogen) atoms. The van der Waals surface area contributed by atoms with Gasteiger partial charge >= 0.3 is 0 Å². The van der Waals surface area contributed by atoms with Gasteiger partial charge in [-0.05, 0) is 135 Å². The van der Waals surface area contributed by atoms with Gasteiger partial charge in [0.15, 0.2) is 0 Å². The standard InChI is InChI=1S/C65H42N2/c1-4-18-47(19-5-1)62-55(46-32-28-45(29-33-46)51-36-39-60-59(42-51)66-65(48-20-6-2-7-21-48)67(60)54-24-8-3-9-25-54)37-38-58-61(52-34-30-43-16-10-12-22-49(43)40-52)56-26-14-15-27-57(56)63(64(58)62)53-35-31-44-17-11-13-23-50(44)41-53/h1-42H. The largest absolute Gasteiger partial charge is 0.292 e. The first-order chi connectivity index (χ1) is 33.2. The Morgan fingerprint density at radius 1 is 0.284 bits per heavy atom. The van der Waals surface area contributed by atoms with Gasteiger partial charge in [-0.2, -0.15) is 0 Å². The van der Waals surface area contributed by atoms with E-state index in [-0.39, 0.29) is 0 Å². The van der Waals surface area contributed by atoms with Crippen molar-refractivity contribution in [1.29, 1.82) is 0 Å². The van der Waals surface area contributed by atoms with E-state index in [9.17, 15) is 0 Å². The van der Waals surface area contributed by atoms with Crippen LogP contribution in [0, 0.1) is 0 Å². The highest BCUT2D eigenvalue weighted by molar-refractivity contribution is 6.26. The predicted octanol–water partition coefficient (Wildman–Crippen LogP) is 17.6. The summed E-state index contributed by atoms with van der Waals surface area (Å²) in [4.78, 5) is 5.26. The van der Waals surface area contributed by atoms with E-state index >= 15 is 0 Å². The molecule has 0 saturated heterocycles. The minimum Gasteiger partial charge on any atom is -0.292 e. The van der Waals surface area contributed by atoms with Crippen molar-refractivity contribution in [2.24, 2.45) is 0 Å². The lowest BCUT2D eigenvalue weighted by atomic mass is 9.80. The highest BCUT2D eigenvalue weighted by Crippen LogP contribution is 2.50. The number of benzene rings is 12. The summed E-state index contributed by atoms with van der Waals surface area (Å²) in [6.07, 6.45) is 0. The Bertz CT molecular complexity index is 4000. The molecule has 0 radical (unpaired) electrons. The number of hydrogen-bond acceptors (Lipinski definition) is 1. The first-order valence-corrected chi connectivity index (χ1v) is 23.0. The molecule has 312 valence electrons. The van der Waals surface area contributed by atoms with Gasteiger partial charge in [-0.25, -0.2) is 4.98 Å². The molecule has 0 spiro atoms. The molecule has 1 heterocycles. The summed E-state index contributed by atoms with van der Waals surface area (Å²) >= 11 is 0. The van der Waals surface area contributed by atoms with E-state index in [1.54, 1.807) is 0 Å². The number of para-hydroxylation sites is 1. The average molecular weight is 851 g/mol. The van der Waals surface area contributed by atoms with Crippen LogP contribution in [0.3, 0.4) is 0 Å². The Balaban J connectivity index is 1.03. The van der Waals surface area contributed by atoms with E-state index in [4.69, 9.17) is 4.98 Å². The first kappa shape index (κ1) is 38.6. The van der Waals surface area contributed by atoms with Crippen molar-refractivity contribution in [3.8, 4) is 72.7 Å². The zero-order chi connectivity index (χ0) is 44.3. The van der Waals surface area contributed by atoms with Gasteiger partial charge in [0.25, 0.3) is 0 Å². The molecule has 0 N–H and O–H groups in total. The number of imidazole rings is 1. The van der Waals surface area contributed by atoms with Gasteiger partial charge < -0.3 is 0 Å². The van der Waals surface area contributed by atoms with Crippen molar-refractivity contribution < 1.29 is 0 Å². The van der Waals surface area contributed by atoms with Gasteiger partial charge in [-0.15, -0.1) is 0 Å². The Morgan fingerprint density at radius 3 is 1.45 bits per heavy atom. The fraction of sp³-hybridized carbons (Fsp3) is 0. The molecule has 12 aromatic carbocycles. The van der Waals surface area contributed by atoms with Crippen LogP contribution in [0.1, 0.15) is 0 Å². The van der Waals surface area contributed by atoms with Crippen LogP contribution in [-0.4, -0.2) is 9.55 Å². The van der Waals surface area contributed by atoms with Gasteiger partial charge in [-0.3, -0.25) is 4.57 Å². The lowest BCUT2D eigenvalue weighted by Crippen LogP contribution is -1.97. The quantitative estimate of drug-likeness (QED) is 0.146. The van der Waals surface area contributed by atoms with Gasteiger partial charge in [0.1, 0.15) is 5.82 Å². The smallest absolute Gasteiger partial charge is 0.145 e. The Hall–Kier alpha value is -8.85. The topological polar surface area (TPSA) is 17.8 Å². The maximum Gasteiger partial charge on any atom is 0.145 e.